The molecular formula is C14H20BNO4. The molecule has 5 nitrogen and oxygen atoms in total. The number of rotatable bonds is 5. The second-order valence-corrected chi connectivity index (χ2v) is 5.61. The third-order valence-corrected chi connectivity index (χ3v) is 3.50. The Bertz CT molecular complexity index is 517. The van der Waals surface area contributed by atoms with Gasteiger partial charge in [-0.1, -0.05) is 0 Å². The van der Waals surface area contributed by atoms with Crippen LogP contribution < -0.4 is 10.2 Å². The van der Waals surface area contributed by atoms with Crippen LogP contribution in [0.3, 0.4) is 0 Å². The molecule has 0 atom stereocenters. The molecule has 0 bridgehead atoms. The summed E-state index contributed by atoms with van der Waals surface area (Å²) in [6.07, 6.45) is 0. The van der Waals surface area contributed by atoms with Gasteiger partial charge in [-0.3, -0.25) is 0 Å². The fraction of sp³-hybridized carbons (Fsp3) is 0.500. The van der Waals surface area contributed by atoms with Crippen LogP contribution in [0.1, 0.15) is 33.3 Å². The van der Waals surface area contributed by atoms with Crippen molar-refractivity contribution in [3.8, 4) is 11.8 Å². The van der Waals surface area contributed by atoms with Crippen LogP contribution in [0.5, 0.6) is 5.75 Å². The molecule has 20 heavy (non-hydrogen) atoms. The van der Waals surface area contributed by atoms with Gasteiger partial charge in [0, 0.05) is 5.46 Å². The predicted octanol–water partition coefficient (Wildman–Crippen LogP) is 0.820. The Hall–Kier alpha value is -1.55. The zero-order valence-corrected chi connectivity index (χ0v) is 12.5. The third-order valence-electron chi connectivity index (χ3n) is 3.50. The molecule has 0 aromatic heterocycles. The summed E-state index contributed by atoms with van der Waals surface area (Å²) in [5.74, 6) is 0.419. The van der Waals surface area contributed by atoms with Crippen LogP contribution in [0.25, 0.3) is 0 Å². The summed E-state index contributed by atoms with van der Waals surface area (Å²) in [6.45, 7) is 6.55. The van der Waals surface area contributed by atoms with Crippen LogP contribution in [0, 0.1) is 11.3 Å². The van der Waals surface area contributed by atoms with Crippen molar-refractivity contribution < 1.29 is 19.5 Å². The molecule has 0 aliphatic rings. The van der Waals surface area contributed by atoms with E-state index in [4.69, 9.17) is 14.7 Å². The Labute approximate surface area is 119 Å². The summed E-state index contributed by atoms with van der Waals surface area (Å²) in [5.41, 5.74) is -1.39. The summed E-state index contributed by atoms with van der Waals surface area (Å²) in [4.78, 5) is 0. The van der Waals surface area contributed by atoms with E-state index in [9.17, 15) is 10.1 Å². The number of nitrogens with zero attached hydrogens (tertiary/aromatic N) is 1. The van der Waals surface area contributed by atoms with Crippen molar-refractivity contribution in [2.24, 2.45) is 0 Å². The predicted molar refractivity (Wildman–Crippen MR) is 76.8 cm³/mol. The summed E-state index contributed by atoms with van der Waals surface area (Å²) in [5, 5.41) is 29.2. The zero-order valence-electron chi connectivity index (χ0n) is 12.5. The van der Waals surface area contributed by atoms with Crippen LogP contribution in [-0.2, 0) is 4.65 Å². The summed E-state index contributed by atoms with van der Waals surface area (Å²) in [7, 11) is 0.165. The topological polar surface area (TPSA) is 82.7 Å². The lowest BCUT2D eigenvalue weighted by molar-refractivity contribution is -0.0983. The fourth-order valence-corrected chi connectivity index (χ4v) is 1.48. The standard InChI is InChI=1S/C14H20BNO4/c1-13(2,17)14(3,4)20-15(18)11-8-10(9-16)6-7-12(11)19-5/h6-8,17-18H,1-5H3. The number of hydrogen-bond acceptors (Lipinski definition) is 5. The van der Waals surface area contributed by atoms with Crippen LogP contribution in [-0.4, -0.2) is 35.6 Å². The molecule has 0 saturated carbocycles. The Morgan fingerprint density at radius 1 is 1.25 bits per heavy atom. The molecule has 6 heteroatoms. The molecule has 0 unspecified atom stereocenters. The molecule has 0 aliphatic heterocycles. The van der Waals surface area contributed by atoms with E-state index < -0.39 is 18.3 Å². The van der Waals surface area contributed by atoms with Gasteiger partial charge in [-0.2, -0.15) is 5.26 Å². The van der Waals surface area contributed by atoms with E-state index in [0.717, 1.165) is 0 Å². The molecule has 1 aromatic carbocycles. The summed E-state index contributed by atoms with van der Waals surface area (Å²) in [6, 6.07) is 6.69. The molecule has 2 N–H and O–H groups in total. The lowest BCUT2D eigenvalue weighted by Gasteiger charge is -2.38. The highest BCUT2D eigenvalue weighted by Crippen LogP contribution is 2.26. The van der Waals surface area contributed by atoms with Crippen molar-refractivity contribution in [3.63, 3.8) is 0 Å². The Morgan fingerprint density at radius 3 is 2.30 bits per heavy atom. The van der Waals surface area contributed by atoms with Gasteiger partial charge in [-0.05, 0) is 45.9 Å². The highest BCUT2D eigenvalue weighted by Gasteiger charge is 2.40. The van der Waals surface area contributed by atoms with E-state index >= 15 is 0 Å². The van der Waals surface area contributed by atoms with E-state index in [2.05, 4.69) is 0 Å². The lowest BCUT2D eigenvalue weighted by Crippen LogP contribution is -2.53. The monoisotopic (exact) mass is 277 g/mol. The molecule has 1 rings (SSSR count). The Kier molecular flexibility index (Phi) is 4.82. The number of nitriles is 1. The number of ether oxygens (including phenoxy) is 1. The van der Waals surface area contributed by atoms with Gasteiger partial charge in [-0.25, -0.2) is 0 Å². The highest BCUT2D eigenvalue weighted by atomic mass is 16.6. The van der Waals surface area contributed by atoms with Crippen LogP contribution in [0.15, 0.2) is 18.2 Å². The second kappa shape index (κ2) is 5.84. The van der Waals surface area contributed by atoms with Gasteiger partial charge < -0.3 is 19.5 Å². The third kappa shape index (κ3) is 3.51. The number of hydrogen-bond donors (Lipinski definition) is 2. The van der Waals surface area contributed by atoms with E-state index in [-0.39, 0.29) is 0 Å². The second-order valence-electron chi connectivity index (χ2n) is 5.61. The van der Waals surface area contributed by atoms with Crippen molar-refractivity contribution in [2.75, 3.05) is 7.11 Å². The first-order valence-corrected chi connectivity index (χ1v) is 6.28. The number of benzene rings is 1. The van der Waals surface area contributed by atoms with Crippen molar-refractivity contribution >= 4 is 12.6 Å². The molecule has 0 fully saturated rings. The largest absolute Gasteiger partial charge is 0.497 e. The molecule has 0 saturated heterocycles. The van der Waals surface area contributed by atoms with Gasteiger partial charge in [-0.15, -0.1) is 0 Å². The number of methoxy groups -OCH3 is 1. The van der Waals surface area contributed by atoms with Crippen molar-refractivity contribution in [1.29, 1.82) is 5.26 Å². The minimum atomic E-state index is -1.31. The van der Waals surface area contributed by atoms with Gasteiger partial charge in [0.15, 0.2) is 0 Å². The highest BCUT2D eigenvalue weighted by molar-refractivity contribution is 6.61. The zero-order chi connectivity index (χ0) is 15.6. The quantitative estimate of drug-likeness (QED) is 0.779. The van der Waals surface area contributed by atoms with Crippen molar-refractivity contribution in [2.45, 2.75) is 38.9 Å². The van der Waals surface area contributed by atoms with E-state index in [0.29, 0.717) is 16.8 Å². The van der Waals surface area contributed by atoms with Crippen LogP contribution >= 0.6 is 0 Å². The molecule has 0 spiro atoms. The van der Waals surface area contributed by atoms with Crippen LogP contribution in [0.4, 0.5) is 0 Å². The minimum absolute atomic E-state index is 0.351. The maximum absolute atomic E-state index is 10.2. The normalized spacial score (nSPS) is 11.9. The molecular weight excluding hydrogens is 257 g/mol. The first kappa shape index (κ1) is 16.5. The van der Waals surface area contributed by atoms with E-state index in [1.807, 2.05) is 6.07 Å². The molecule has 0 amide bonds. The average Bonchev–Trinajstić information content (AvgIpc) is 2.36. The van der Waals surface area contributed by atoms with E-state index in [1.54, 1.807) is 39.8 Å². The molecule has 108 valence electrons. The molecule has 1 aromatic rings. The molecule has 0 heterocycles. The van der Waals surface area contributed by atoms with Gasteiger partial charge in [0.05, 0.1) is 29.9 Å². The van der Waals surface area contributed by atoms with Gasteiger partial charge in [0.25, 0.3) is 0 Å². The van der Waals surface area contributed by atoms with Gasteiger partial charge >= 0.3 is 7.12 Å². The average molecular weight is 277 g/mol. The summed E-state index contributed by atoms with van der Waals surface area (Å²) >= 11 is 0. The SMILES string of the molecule is COc1ccc(C#N)cc1B(O)OC(C)(C)C(C)(C)O. The lowest BCUT2D eigenvalue weighted by atomic mass is 9.75. The van der Waals surface area contributed by atoms with Crippen LogP contribution in [0.2, 0.25) is 0 Å². The Balaban J connectivity index is 3.09. The maximum Gasteiger partial charge on any atom is 0.495 e. The van der Waals surface area contributed by atoms with Crippen molar-refractivity contribution in [3.05, 3.63) is 23.8 Å². The van der Waals surface area contributed by atoms with Gasteiger partial charge in [0.2, 0.25) is 0 Å². The first-order chi connectivity index (χ1) is 9.12. The minimum Gasteiger partial charge on any atom is -0.497 e. The van der Waals surface area contributed by atoms with Crippen molar-refractivity contribution in [1.82, 2.24) is 0 Å². The molecule has 0 aliphatic carbocycles. The first-order valence-electron chi connectivity index (χ1n) is 6.28. The molecule has 0 radical (unpaired) electrons. The number of aliphatic hydroxyl groups is 1. The van der Waals surface area contributed by atoms with E-state index in [1.165, 1.54) is 13.2 Å². The van der Waals surface area contributed by atoms with Gasteiger partial charge in [0.1, 0.15) is 5.75 Å². The fourth-order valence-electron chi connectivity index (χ4n) is 1.48. The smallest absolute Gasteiger partial charge is 0.495 e. The Morgan fingerprint density at radius 2 is 1.85 bits per heavy atom. The maximum atomic E-state index is 10.2. The summed E-state index contributed by atoms with van der Waals surface area (Å²) < 4.78 is 10.7.